The molecule has 7 nitrogen and oxygen atoms in total. The van der Waals surface area contributed by atoms with Gasteiger partial charge in [-0.2, -0.15) is 18.4 Å². The molecule has 2 atom stereocenters. The molecule has 4 rings (SSSR count). The zero-order chi connectivity index (χ0) is 28.5. The fourth-order valence-corrected chi connectivity index (χ4v) is 5.41. The first-order valence-electron chi connectivity index (χ1n) is 12.6. The van der Waals surface area contributed by atoms with E-state index in [1.807, 2.05) is 13.1 Å². The molecule has 2 unspecified atom stereocenters. The first-order valence-corrected chi connectivity index (χ1v) is 12.6. The van der Waals surface area contributed by atoms with E-state index in [0.29, 0.717) is 37.2 Å². The predicted molar refractivity (Wildman–Crippen MR) is 138 cm³/mol. The largest absolute Gasteiger partial charge is 0.416 e. The first-order chi connectivity index (χ1) is 18.4. The van der Waals surface area contributed by atoms with Gasteiger partial charge in [0.05, 0.1) is 17.2 Å². The lowest BCUT2D eigenvalue weighted by Crippen LogP contribution is -2.52. The fraction of sp³-hybridized carbons (Fsp3) is 0.379. The van der Waals surface area contributed by atoms with E-state index in [9.17, 15) is 32.8 Å². The number of carbonyl (C=O) groups excluding carboxylic acids is 3. The highest BCUT2D eigenvalue weighted by Gasteiger charge is 2.49. The van der Waals surface area contributed by atoms with E-state index in [0.717, 1.165) is 23.6 Å². The Kier molecular flexibility index (Phi) is 7.93. The monoisotopic (exact) mass is 538 g/mol. The van der Waals surface area contributed by atoms with E-state index in [1.165, 1.54) is 26.0 Å². The molecular formula is C29H29F3N4O3. The second-order valence-corrected chi connectivity index (χ2v) is 9.95. The number of benzene rings is 2. The quantitative estimate of drug-likeness (QED) is 0.541. The zero-order valence-corrected chi connectivity index (χ0v) is 22.0. The summed E-state index contributed by atoms with van der Waals surface area (Å²) in [5.41, 5.74) is 0.189. The van der Waals surface area contributed by atoms with Crippen LogP contribution in [0, 0.1) is 17.2 Å². The lowest BCUT2D eigenvalue weighted by atomic mass is 9.74. The van der Waals surface area contributed by atoms with Crippen LogP contribution in [0.25, 0.3) is 0 Å². The molecule has 0 saturated carbocycles. The Bertz CT molecular complexity index is 1360. The summed E-state index contributed by atoms with van der Waals surface area (Å²) >= 11 is 0. The van der Waals surface area contributed by atoms with E-state index < -0.39 is 41.2 Å². The van der Waals surface area contributed by atoms with E-state index in [1.54, 1.807) is 29.2 Å². The molecule has 2 amide bonds. The molecule has 204 valence electrons. The van der Waals surface area contributed by atoms with Crippen molar-refractivity contribution < 1.29 is 27.6 Å². The summed E-state index contributed by atoms with van der Waals surface area (Å²) in [6.07, 6.45) is -3.95. The summed E-state index contributed by atoms with van der Waals surface area (Å²) in [7, 11) is 1.94. The van der Waals surface area contributed by atoms with Crippen LogP contribution in [0.5, 0.6) is 0 Å². The van der Waals surface area contributed by atoms with Crippen LogP contribution in [0.15, 0.2) is 59.8 Å². The van der Waals surface area contributed by atoms with Crippen LogP contribution >= 0.6 is 0 Å². The molecule has 2 aromatic rings. The van der Waals surface area contributed by atoms with Crippen molar-refractivity contribution >= 4 is 23.3 Å². The smallest absolute Gasteiger partial charge is 0.341 e. The second kappa shape index (κ2) is 11.0. The van der Waals surface area contributed by atoms with Gasteiger partial charge in [0, 0.05) is 42.5 Å². The number of hydrogen-bond donors (Lipinski definition) is 0. The Morgan fingerprint density at radius 1 is 1.03 bits per heavy atom. The van der Waals surface area contributed by atoms with Crippen molar-refractivity contribution in [2.75, 3.05) is 38.1 Å². The second-order valence-electron chi connectivity index (χ2n) is 9.95. The number of anilines is 1. The first kappa shape index (κ1) is 28.0. The Hall–Kier alpha value is -3.97. The summed E-state index contributed by atoms with van der Waals surface area (Å²) in [5, 5.41) is 9.24. The molecule has 0 N–H and O–H groups in total. The molecule has 0 radical (unpaired) electrons. The van der Waals surface area contributed by atoms with Gasteiger partial charge in [0.1, 0.15) is 5.92 Å². The van der Waals surface area contributed by atoms with Gasteiger partial charge in [-0.15, -0.1) is 0 Å². The molecule has 0 spiro atoms. The highest BCUT2D eigenvalue weighted by molar-refractivity contribution is 6.15. The van der Waals surface area contributed by atoms with Gasteiger partial charge in [0.2, 0.25) is 11.8 Å². The Labute approximate surface area is 225 Å². The van der Waals surface area contributed by atoms with Crippen molar-refractivity contribution in [3.8, 4) is 6.07 Å². The molecule has 2 aromatic carbocycles. The SMILES string of the molecule is CC(=O)C1=C(C)N(c2cccc(C(F)(F)F)c2)C(=O)C(C(=O)N2CCCN(C)CC2)C1c1ccc(C#N)cc1. The van der Waals surface area contributed by atoms with Gasteiger partial charge in [-0.3, -0.25) is 19.3 Å². The minimum absolute atomic E-state index is 0.0715. The van der Waals surface area contributed by atoms with Crippen molar-refractivity contribution in [3.63, 3.8) is 0 Å². The number of nitrogens with zero attached hydrogens (tertiary/aromatic N) is 4. The lowest BCUT2D eigenvalue weighted by Gasteiger charge is -2.41. The maximum absolute atomic E-state index is 14.2. The minimum atomic E-state index is -4.64. The molecule has 2 heterocycles. The summed E-state index contributed by atoms with van der Waals surface area (Å²) in [6.45, 7) is 4.98. The molecule has 2 aliphatic rings. The van der Waals surface area contributed by atoms with E-state index in [-0.39, 0.29) is 17.0 Å². The van der Waals surface area contributed by atoms with Gasteiger partial charge < -0.3 is 9.80 Å². The Morgan fingerprint density at radius 2 is 1.72 bits per heavy atom. The number of alkyl halides is 3. The van der Waals surface area contributed by atoms with Crippen LogP contribution in [0.3, 0.4) is 0 Å². The number of nitriles is 1. The van der Waals surface area contributed by atoms with Gasteiger partial charge in [0.25, 0.3) is 0 Å². The summed E-state index contributed by atoms with van der Waals surface area (Å²) < 4.78 is 40.6. The summed E-state index contributed by atoms with van der Waals surface area (Å²) in [6, 6.07) is 12.7. The number of halogens is 3. The predicted octanol–water partition coefficient (Wildman–Crippen LogP) is 4.35. The van der Waals surface area contributed by atoms with Crippen LogP contribution < -0.4 is 4.90 Å². The maximum Gasteiger partial charge on any atom is 0.416 e. The van der Waals surface area contributed by atoms with Gasteiger partial charge >= 0.3 is 6.18 Å². The van der Waals surface area contributed by atoms with Crippen LogP contribution in [-0.2, 0) is 20.6 Å². The van der Waals surface area contributed by atoms with Gasteiger partial charge in [-0.05, 0) is 69.8 Å². The number of amides is 2. The van der Waals surface area contributed by atoms with E-state index >= 15 is 0 Å². The fourth-order valence-electron chi connectivity index (χ4n) is 5.41. The minimum Gasteiger partial charge on any atom is -0.341 e. The molecule has 2 aliphatic heterocycles. The van der Waals surface area contributed by atoms with Gasteiger partial charge in [0.15, 0.2) is 5.78 Å². The van der Waals surface area contributed by atoms with E-state index in [4.69, 9.17) is 0 Å². The normalized spacial score (nSPS) is 21.0. The Balaban J connectivity index is 1.91. The molecule has 0 aromatic heterocycles. The van der Waals surface area contributed by atoms with Crippen LogP contribution in [0.1, 0.15) is 42.9 Å². The summed E-state index contributed by atoms with van der Waals surface area (Å²) in [5.74, 6) is -3.92. The van der Waals surface area contributed by atoms with Gasteiger partial charge in [-0.1, -0.05) is 18.2 Å². The summed E-state index contributed by atoms with van der Waals surface area (Å²) in [4.78, 5) is 46.2. The third kappa shape index (κ3) is 5.59. The number of carbonyl (C=O) groups is 3. The topological polar surface area (TPSA) is 84.7 Å². The maximum atomic E-state index is 14.2. The molecular weight excluding hydrogens is 509 g/mol. The number of allylic oxidation sites excluding steroid dienone is 2. The molecule has 10 heteroatoms. The molecule has 0 bridgehead atoms. The average molecular weight is 539 g/mol. The number of rotatable bonds is 4. The van der Waals surface area contributed by atoms with Gasteiger partial charge in [-0.25, -0.2) is 0 Å². The highest BCUT2D eigenvalue weighted by atomic mass is 19.4. The van der Waals surface area contributed by atoms with Crippen LogP contribution in [0.2, 0.25) is 0 Å². The lowest BCUT2D eigenvalue weighted by molar-refractivity contribution is -0.142. The number of ketones is 1. The van der Waals surface area contributed by atoms with Crippen molar-refractivity contribution in [2.24, 2.45) is 5.92 Å². The molecule has 39 heavy (non-hydrogen) atoms. The zero-order valence-electron chi connectivity index (χ0n) is 22.0. The average Bonchev–Trinajstić information content (AvgIpc) is 3.12. The van der Waals surface area contributed by atoms with Crippen molar-refractivity contribution in [1.29, 1.82) is 5.26 Å². The Morgan fingerprint density at radius 3 is 2.33 bits per heavy atom. The molecule has 1 saturated heterocycles. The molecule has 1 fully saturated rings. The third-order valence-corrected chi connectivity index (χ3v) is 7.36. The van der Waals surface area contributed by atoms with Crippen LogP contribution in [-0.4, -0.2) is 60.6 Å². The van der Waals surface area contributed by atoms with Crippen molar-refractivity contribution in [2.45, 2.75) is 32.4 Å². The molecule has 0 aliphatic carbocycles. The van der Waals surface area contributed by atoms with E-state index in [2.05, 4.69) is 4.90 Å². The number of Topliss-reactive ketones (excluding diaryl/α,β-unsaturated/α-hetero) is 1. The third-order valence-electron chi connectivity index (χ3n) is 7.36. The standard InChI is InChI=1S/C29H29F3N4O3/c1-18-24(19(2)37)25(21-10-8-20(17-33)9-11-21)26(27(38)35-13-5-12-34(3)14-15-35)28(39)36(18)23-7-4-6-22(16-23)29(30,31)32/h4,6-11,16,25-26H,5,12-15H2,1-3H3. The van der Waals surface area contributed by atoms with Crippen molar-refractivity contribution in [1.82, 2.24) is 9.80 Å². The highest BCUT2D eigenvalue weighted by Crippen LogP contribution is 2.44. The van der Waals surface area contributed by atoms with Crippen molar-refractivity contribution in [3.05, 3.63) is 76.5 Å². The van der Waals surface area contributed by atoms with Crippen LogP contribution in [0.4, 0.5) is 18.9 Å². The number of hydrogen-bond acceptors (Lipinski definition) is 5. The number of likely N-dealkylation sites (N-methyl/N-ethyl adjacent to an activating group) is 1.